The summed E-state index contributed by atoms with van der Waals surface area (Å²) in [4.78, 5) is 28.6. The molecule has 1 saturated carbocycles. The van der Waals surface area contributed by atoms with Crippen molar-refractivity contribution in [2.24, 2.45) is 0 Å². The van der Waals surface area contributed by atoms with E-state index in [4.69, 9.17) is 6.42 Å². The minimum Gasteiger partial charge on any atom is -0.361 e. The first-order valence-corrected chi connectivity index (χ1v) is 7.82. The zero-order valence-electron chi connectivity index (χ0n) is 13.1. The van der Waals surface area contributed by atoms with Crippen LogP contribution in [0.5, 0.6) is 0 Å². The van der Waals surface area contributed by atoms with Crippen LogP contribution in [0.4, 0.5) is 5.82 Å². The number of pyridine rings is 1. The second-order valence-corrected chi connectivity index (χ2v) is 5.65. The molecule has 6 heteroatoms. The molecule has 24 heavy (non-hydrogen) atoms. The monoisotopic (exact) mass is 322 g/mol. The number of carbonyl (C=O) groups is 2. The van der Waals surface area contributed by atoms with Gasteiger partial charge in [0.25, 0.3) is 5.91 Å². The average Bonchev–Trinajstić information content (AvgIpc) is 3.41. The number of carbonyl (C=O) groups excluding carboxylic acids is 2. The lowest BCUT2D eigenvalue weighted by Gasteiger charge is -2.11. The molecule has 0 bridgehead atoms. The molecule has 0 radical (unpaired) electrons. The number of aromatic nitrogens is 1. The van der Waals surface area contributed by atoms with E-state index in [-0.39, 0.29) is 30.9 Å². The molecule has 122 valence electrons. The Bertz CT molecular complexity index is 821. The molecule has 0 atom stereocenters. The normalized spacial score (nSPS) is 13.1. The summed E-state index contributed by atoms with van der Waals surface area (Å²) in [5.41, 5.74) is 1.26. The molecule has 0 saturated heterocycles. The molecule has 3 rings (SSSR count). The molecule has 1 aliphatic rings. The van der Waals surface area contributed by atoms with Crippen molar-refractivity contribution in [2.45, 2.75) is 18.9 Å². The van der Waals surface area contributed by atoms with Crippen LogP contribution in [0.3, 0.4) is 0 Å². The molecule has 2 amide bonds. The molecule has 2 aromatic rings. The zero-order valence-corrected chi connectivity index (χ0v) is 13.1. The summed E-state index contributed by atoms with van der Waals surface area (Å²) in [6, 6.07) is 9.39. The van der Waals surface area contributed by atoms with E-state index >= 15 is 0 Å². The number of nitrogens with one attached hydrogen (secondary N) is 3. The number of hydrogen-bond acceptors (Lipinski definition) is 4. The van der Waals surface area contributed by atoms with Crippen molar-refractivity contribution < 1.29 is 9.59 Å². The fraction of sp³-hybridized carbons (Fsp3) is 0.278. The Balaban J connectivity index is 1.82. The predicted molar refractivity (Wildman–Crippen MR) is 92.6 cm³/mol. The van der Waals surface area contributed by atoms with Gasteiger partial charge in [0.1, 0.15) is 5.82 Å². The lowest BCUT2D eigenvalue weighted by Crippen LogP contribution is -2.30. The van der Waals surface area contributed by atoms with Crippen molar-refractivity contribution in [1.82, 2.24) is 15.6 Å². The third-order valence-electron chi connectivity index (χ3n) is 3.69. The topological polar surface area (TPSA) is 83.1 Å². The third kappa shape index (κ3) is 3.82. The summed E-state index contributed by atoms with van der Waals surface area (Å²) in [6.07, 6.45) is 7.15. The van der Waals surface area contributed by atoms with Crippen LogP contribution in [0.2, 0.25) is 0 Å². The second kappa shape index (κ2) is 7.01. The molecule has 1 fully saturated rings. The Labute approximate surface area is 140 Å². The number of para-hydroxylation sites is 1. The summed E-state index contributed by atoms with van der Waals surface area (Å²) < 4.78 is 0. The third-order valence-corrected chi connectivity index (χ3v) is 3.69. The van der Waals surface area contributed by atoms with Crippen LogP contribution in [0.15, 0.2) is 30.3 Å². The number of benzene rings is 1. The fourth-order valence-corrected chi connectivity index (χ4v) is 2.33. The lowest BCUT2D eigenvalue weighted by molar-refractivity contribution is -0.119. The van der Waals surface area contributed by atoms with Gasteiger partial charge in [-0.05, 0) is 25.0 Å². The van der Waals surface area contributed by atoms with E-state index in [1.165, 1.54) is 0 Å². The van der Waals surface area contributed by atoms with Crippen molar-refractivity contribution in [2.75, 3.05) is 18.4 Å². The molecular formula is C18H18N4O2. The number of terminal acetylenes is 1. The van der Waals surface area contributed by atoms with Crippen LogP contribution in [0.25, 0.3) is 10.9 Å². The van der Waals surface area contributed by atoms with Crippen molar-refractivity contribution in [3.05, 3.63) is 35.9 Å². The van der Waals surface area contributed by atoms with Gasteiger partial charge in [-0.15, -0.1) is 6.42 Å². The maximum Gasteiger partial charge on any atom is 0.252 e. The highest BCUT2D eigenvalue weighted by Crippen LogP contribution is 2.23. The standard InChI is InChI=1S/C18H18N4O2/c1-2-9-19-17(23)11-20-16-10-14(18(24)21-12-7-8-12)13-5-3-4-6-15(13)22-16/h1,3-6,10,12H,7-9,11H2,(H,19,23)(H,20,22)(H,21,24). The molecule has 1 aromatic heterocycles. The number of rotatable bonds is 6. The van der Waals surface area contributed by atoms with Crippen LogP contribution >= 0.6 is 0 Å². The summed E-state index contributed by atoms with van der Waals surface area (Å²) in [5.74, 6) is 2.47. The highest BCUT2D eigenvalue weighted by Gasteiger charge is 2.25. The molecular weight excluding hydrogens is 304 g/mol. The summed E-state index contributed by atoms with van der Waals surface area (Å²) in [6.45, 7) is 0.220. The molecule has 1 aliphatic carbocycles. The van der Waals surface area contributed by atoms with Gasteiger partial charge in [-0.25, -0.2) is 4.98 Å². The van der Waals surface area contributed by atoms with E-state index in [1.807, 2.05) is 24.3 Å². The molecule has 0 aliphatic heterocycles. The van der Waals surface area contributed by atoms with E-state index in [2.05, 4.69) is 26.9 Å². The minimum absolute atomic E-state index is 0.0384. The maximum atomic E-state index is 12.5. The fourth-order valence-electron chi connectivity index (χ4n) is 2.33. The average molecular weight is 322 g/mol. The SMILES string of the molecule is C#CCNC(=O)CNc1cc(C(=O)NC2CC2)c2ccccc2n1. The first kappa shape index (κ1) is 15.8. The largest absolute Gasteiger partial charge is 0.361 e. The van der Waals surface area contributed by atoms with Crippen molar-refractivity contribution >= 4 is 28.5 Å². The van der Waals surface area contributed by atoms with E-state index in [9.17, 15) is 9.59 Å². The molecule has 6 nitrogen and oxygen atoms in total. The molecule has 1 aromatic carbocycles. The van der Waals surface area contributed by atoms with Crippen molar-refractivity contribution in [3.63, 3.8) is 0 Å². The summed E-state index contributed by atoms with van der Waals surface area (Å²) >= 11 is 0. The quantitative estimate of drug-likeness (QED) is 0.700. The van der Waals surface area contributed by atoms with Gasteiger partial charge >= 0.3 is 0 Å². The number of hydrogen-bond donors (Lipinski definition) is 3. The molecule has 0 spiro atoms. The van der Waals surface area contributed by atoms with Crippen LogP contribution in [0, 0.1) is 12.3 Å². The number of amides is 2. The Morgan fingerprint density at radius 2 is 2.08 bits per heavy atom. The van der Waals surface area contributed by atoms with Gasteiger partial charge in [-0.2, -0.15) is 0 Å². The Morgan fingerprint density at radius 3 is 2.83 bits per heavy atom. The number of anilines is 1. The summed E-state index contributed by atoms with van der Waals surface area (Å²) in [5, 5.41) is 9.28. The zero-order chi connectivity index (χ0) is 16.9. The van der Waals surface area contributed by atoms with Gasteiger partial charge in [-0.3, -0.25) is 9.59 Å². The van der Waals surface area contributed by atoms with E-state index < -0.39 is 0 Å². The summed E-state index contributed by atoms with van der Waals surface area (Å²) in [7, 11) is 0. The van der Waals surface area contributed by atoms with Crippen LogP contribution < -0.4 is 16.0 Å². The van der Waals surface area contributed by atoms with Crippen LogP contribution in [-0.4, -0.2) is 35.9 Å². The predicted octanol–water partition coefficient (Wildman–Crippen LogP) is 1.29. The number of fused-ring (bicyclic) bond motifs is 1. The van der Waals surface area contributed by atoms with E-state index in [1.54, 1.807) is 6.07 Å². The van der Waals surface area contributed by atoms with Gasteiger partial charge in [-0.1, -0.05) is 24.1 Å². The first-order chi connectivity index (χ1) is 11.7. The molecule has 0 unspecified atom stereocenters. The maximum absolute atomic E-state index is 12.5. The smallest absolute Gasteiger partial charge is 0.252 e. The molecule has 3 N–H and O–H groups in total. The molecule has 1 heterocycles. The van der Waals surface area contributed by atoms with Gasteiger partial charge in [0.2, 0.25) is 5.91 Å². The second-order valence-electron chi connectivity index (χ2n) is 5.65. The Hall–Kier alpha value is -3.07. The minimum atomic E-state index is -0.230. The van der Waals surface area contributed by atoms with Crippen molar-refractivity contribution in [1.29, 1.82) is 0 Å². The Morgan fingerprint density at radius 1 is 1.29 bits per heavy atom. The first-order valence-electron chi connectivity index (χ1n) is 7.82. The number of nitrogens with zero attached hydrogens (tertiary/aromatic N) is 1. The van der Waals surface area contributed by atoms with Crippen LogP contribution in [0.1, 0.15) is 23.2 Å². The lowest BCUT2D eigenvalue weighted by atomic mass is 10.1. The van der Waals surface area contributed by atoms with Gasteiger partial charge in [0, 0.05) is 11.4 Å². The van der Waals surface area contributed by atoms with Crippen LogP contribution in [-0.2, 0) is 4.79 Å². The van der Waals surface area contributed by atoms with Gasteiger partial charge < -0.3 is 16.0 Å². The van der Waals surface area contributed by atoms with E-state index in [0.717, 1.165) is 18.2 Å². The highest BCUT2D eigenvalue weighted by atomic mass is 16.2. The van der Waals surface area contributed by atoms with Gasteiger partial charge in [0.05, 0.1) is 24.2 Å². The van der Waals surface area contributed by atoms with E-state index in [0.29, 0.717) is 16.9 Å². The van der Waals surface area contributed by atoms with Crippen molar-refractivity contribution in [3.8, 4) is 12.3 Å². The highest BCUT2D eigenvalue weighted by molar-refractivity contribution is 6.07. The van der Waals surface area contributed by atoms with Gasteiger partial charge in [0.15, 0.2) is 0 Å². The Kier molecular flexibility index (Phi) is 4.62.